The average molecular weight is 332 g/mol. The molecule has 3 atom stereocenters. The molecule has 0 aliphatic heterocycles. The van der Waals surface area contributed by atoms with Gasteiger partial charge in [0.05, 0.1) is 13.2 Å². The minimum atomic E-state index is -1.32. The number of rotatable bonds is 10. The van der Waals surface area contributed by atoms with Crippen LogP contribution < -0.4 is 21.7 Å². The number of aliphatic hydroxyl groups excluding tert-OH is 1. The molecule has 0 aromatic carbocycles. The van der Waals surface area contributed by atoms with E-state index in [1.807, 2.05) is 6.92 Å². The highest BCUT2D eigenvalue weighted by Crippen LogP contribution is 2.08. The molecule has 10 nitrogen and oxygen atoms in total. The highest BCUT2D eigenvalue weighted by molar-refractivity contribution is 5.93. The summed E-state index contributed by atoms with van der Waals surface area (Å²) < 4.78 is 0. The Balaban J connectivity index is 4.87. The number of nitrogens with two attached hydrogens (primary N) is 1. The van der Waals surface area contributed by atoms with Crippen LogP contribution in [-0.2, 0) is 19.2 Å². The zero-order valence-corrected chi connectivity index (χ0v) is 13.2. The first-order valence-corrected chi connectivity index (χ1v) is 7.16. The first-order chi connectivity index (χ1) is 10.8. The fourth-order valence-electron chi connectivity index (χ4n) is 1.68. The van der Waals surface area contributed by atoms with Crippen molar-refractivity contribution in [2.75, 3.05) is 19.7 Å². The molecule has 0 fully saturated rings. The van der Waals surface area contributed by atoms with Gasteiger partial charge in [-0.25, -0.2) is 0 Å². The molecule has 3 amide bonds. The minimum absolute atomic E-state index is 0.230. The van der Waals surface area contributed by atoms with Gasteiger partial charge in [-0.15, -0.1) is 0 Å². The van der Waals surface area contributed by atoms with E-state index in [9.17, 15) is 24.3 Å². The van der Waals surface area contributed by atoms with E-state index >= 15 is 0 Å². The molecule has 0 aromatic rings. The molecule has 0 saturated carbocycles. The smallest absolute Gasteiger partial charge is 0.322 e. The second kappa shape index (κ2) is 10.5. The van der Waals surface area contributed by atoms with E-state index in [2.05, 4.69) is 16.0 Å². The first kappa shape index (κ1) is 20.8. The van der Waals surface area contributed by atoms with Crippen molar-refractivity contribution in [3.8, 4) is 0 Å². The number of carbonyl (C=O) groups excluding carboxylic acids is 3. The molecule has 0 saturated heterocycles. The average Bonchev–Trinajstić information content (AvgIpc) is 2.53. The molecule has 0 rings (SSSR count). The standard InChI is InChI=1S/C13H24N4O6/c1-3-7(2)11(17-9(19)4-14)13(23)16-8(6-18)12(22)15-5-10(20)21/h7-8,11,18H,3-6,14H2,1-2H3,(H,15,22)(H,16,23)(H,17,19)(H,20,21). The second-order valence-electron chi connectivity index (χ2n) is 4.99. The lowest BCUT2D eigenvalue weighted by molar-refractivity contribution is -0.139. The van der Waals surface area contributed by atoms with Gasteiger partial charge in [0.1, 0.15) is 18.6 Å². The zero-order valence-electron chi connectivity index (χ0n) is 13.2. The molecule has 10 heteroatoms. The summed E-state index contributed by atoms with van der Waals surface area (Å²) in [6.45, 7) is 1.92. The Morgan fingerprint density at radius 2 is 1.74 bits per heavy atom. The van der Waals surface area contributed by atoms with Crippen molar-refractivity contribution in [3.63, 3.8) is 0 Å². The fraction of sp³-hybridized carbons (Fsp3) is 0.692. The van der Waals surface area contributed by atoms with Gasteiger partial charge < -0.3 is 31.9 Å². The van der Waals surface area contributed by atoms with Crippen LogP contribution in [0.5, 0.6) is 0 Å². The summed E-state index contributed by atoms with van der Waals surface area (Å²) in [5, 5.41) is 24.5. The highest BCUT2D eigenvalue weighted by atomic mass is 16.4. The lowest BCUT2D eigenvalue weighted by Gasteiger charge is -2.25. The summed E-state index contributed by atoms with van der Waals surface area (Å²) in [5.41, 5.74) is 5.20. The monoisotopic (exact) mass is 332 g/mol. The Hall–Kier alpha value is -2.20. The molecule has 0 aromatic heterocycles. The minimum Gasteiger partial charge on any atom is -0.480 e. The van der Waals surface area contributed by atoms with E-state index in [0.717, 1.165) is 0 Å². The van der Waals surface area contributed by atoms with Crippen LogP contribution in [-0.4, -0.2) is 65.7 Å². The Bertz CT molecular complexity index is 442. The van der Waals surface area contributed by atoms with Crippen molar-refractivity contribution in [3.05, 3.63) is 0 Å². The van der Waals surface area contributed by atoms with Crippen LogP contribution in [0.25, 0.3) is 0 Å². The van der Waals surface area contributed by atoms with Gasteiger partial charge >= 0.3 is 5.97 Å². The van der Waals surface area contributed by atoms with Crippen LogP contribution in [0.2, 0.25) is 0 Å². The topological polar surface area (TPSA) is 171 Å². The Morgan fingerprint density at radius 3 is 2.17 bits per heavy atom. The third-order valence-corrected chi connectivity index (χ3v) is 3.23. The van der Waals surface area contributed by atoms with E-state index in [0.29, 0.717) is 6.42 Å². The predicted octanol–water partition coefficient (Wildman–Crippen LogP) is -2.85. The molecule has 0 aliphatic carbocycles. The molecule has 0 heterocycles. The number of carboxylic acid groups (broad SMARTS) is 1. The number of amides is 3. The normalized spacial score (nSPS) is 14.3. The van der Waals surface area contributed by atoms with E-state index in [1.165, 1.54) is 0 Å². The molecule has 0 spiro atoms. The molecular formula is C13H24N4O6. The summed E-state index contributed by atoms with van der Waals surface area (Å²) in [7, 11) is 0. The van der Waals surface area contributed by atoms with E-state index < -0.39 is 48.9 Å². The summed E-state index contributed by atoms with van der Waals surface area (Å²) in [6, 6.07) is -2.24. The van der Waals surface area contributed by atoms with Gasteiger partial charge in [-0.05, 0) is 5.92 Å². The van der Waals surface area contributed by atoms with E-state index in [-0.39, 0.29) is 12.5 Å². The Labute approximate surface area is 133 Å². The van der Waals surface area contributed by atoms with Crippen molar-refractivity contribution in [2.24, 2.45) is 11.7 Å². The number of hydrogen-bond donors (Lipinski definition) is 6. The highest BCUT2D eigenvalue weighted by Gasteiger charge is 2.29. The van der Waals surface area contributed by atoms with Crippen LogP contribution in [0.1, 0.15) is 20.3 Å². The molecule has 0 aliphatic rings. The van der Waals surface area contributed by atoms with Gasteiger partial charge in [0.2, 0.25) is 17.7 Å². The molecule has 23 heavy (non-hydrogen) atoms. The van der Waals surface area contributed by atoms with Crippen LogP contribution in [0.15, 0.2) is 0 Å². The van der Waals surface area contributed by atoms with E-state index in [4.69, 9.17) is 10.8 Å². The summed E-state index contributed by atoms with van der Waals surface area (Å²) >= 11 is 0. The molecular weight excluding hydrogens is 308 g/mol. The van der Waals surface area contributed by atoms with Crippen molar-refractivity contribution in [1.82, 2.24) is 16.0 Å². The van der Waals surface area contributed by atoms with E-state index in [1.54, 1.807) is 6.92 Å². The number of carbonyl (C=O) groups is 4. The largest absolute Gasteiger partial charge is 0.480 e. The molecule has 132 valence electrons. The fourth-order valence-corrected chi connectivity index (χ4v) is 1.68. The first-order valence-electron chi connectivity index (χ1n) is 7.16. The van der Waals surface area contributed by atoms with Crippen LogP contribution in [0.3, 0.4) is 0 Å². The van der Waals surface area contributed by atoms with Crippen LogP contribution in [0, 0.1) is 5.92 Å². The maximum atomic E-state index is 12.2. The van der Waals surface area contributed by atoms with Crippen molar-refractivity contribution < 1.29 is 29.4 Å². The Morgan fingerprint density at radius 1 is 1.13 bits per heavy atom. The molecule has 7 N–H and O–H groups in total. The predicted molar refractivity (Wildman–Crippen MR) is 80.1 cm³/mol. The Kier molecular flexibility index (Phi) is 9.51. The molecule has 0 bridgehead atoms. The van der Waals surface area contributed by atoms with Gasteiger partial charge in [-0.3, -0.25) is 19.2 Å². The lowest BCUT2D eigenvalue weighted by atomic mass is 9.98. The number of aliphatic carboxylic acids is 1. The van der Waals surface area contributed by atoms with Crippen molar-refractivity contribution in [2.45, 2.75) is 32.4 Å². The maximum absolute atomic E-state index is 12.2. The SMILES string of the molecule is CCC(C)C(NC(=O)CN)C(=O)NC(CO)C(=O)NCC(=O)O. The van der Waals surface area contributed by atoms with Crippen LogP contribution >= 0.6 is 0 Å². The van der Waals surface area contributed by atoms with Gasteiger partial charge in [0, 0.05) is 0 Å². The quantitative estimate of drug-likeness (QED) is 0.250. The second-order valence-corrected chi connectivity index (χ2v) is 4.99. The zero-order chi connectivity index (χ0) is 18.0. The van der Waals surface area contributed by atoms with Gasteiger partial charge in [0.25, 0.3) is 0 Å². The summed E-state index contributed by atoms with van der Waals surface area (Å²) in [6.07, 6.45) is 0.581. The summed E-state index contributed by atoms with van der Waals surface area (Å²) in [5.74, 6) is -3.51. The number of carboxylic acids is 1. The van der Waals surface area contributed by atoms with Crippen LogP contribution in [0.4, 0.5) is 0 Å². The maximum Gasteiger partial charge on any atom is 0.322 e. The van der Waals surface area contributed by atoms with Crippen molar-refractivity contribution in [1.29, 1.82) is 0 Å². The van der Waals surface area contributed by atoms with Gasteiger partial charge in [-0.2, -0.15) is 0 Å². The number of nitrogens with one attached hydrogen (secondary N) is 3. The number of aliphatic hydroxyl groups is 1. The van der Waals surface area contributed by atoms with Crippen molar-refractivity contribution >= 4 is 23.7 Å². The van der Waals surface area contributed by atoms with Gasteiger partial charge in [0.15, 0.2) is 0 Å². The summed E-state index contributed by atoms with van der Waals surface area (Å²) in [4.78, 5) is 45.7. The number of hydrogen-bond acceptors (Lipinski definition) is 6. The van der Waals surface area contributed by atoms with Gasteiger partial charge in [-0.1, -0.05) is 20.3 Å². The molecule has 0 radical (unpaired) electrons. The lowest BCUT2D eigenvalue weighted by Crippen LogP contribution is -2.57. The third kappa shape index (κ3) is 7.56. The third-order valence-electron chi connectivity index (χ3n) is 3.23. The molecule has 3 unspecified atom stereocenters.